The minimum Gasteiger partial charge on any atom is -0.480 e. The Balaban J connectivity index is 1.98. The van der Waals surface area contributed by atoms with Crippen molar-refractivity contribution in [2.24, 2.45) is 0 Å². The molecule has 0 radical (unpaired) electrons. The van der Waals surface area contributed by atoms with Crippen LogP contribution in [0.2, 0.25) is 5.02 Å². The standard InChI is InChI=1S/C13H14ClFN2O3S/c14-9-5-8(15)1-2-10(9)16-12(18)6-17-3-4-21-7-11(17)13(19)20/h1-2,5,11H,3-4,6-7H2,(H,16,18)(H,19,20). The lowest BCUT2D eigenvalue weighted by molar-refractivity contribution is -0.142. The van der Waals surface area contributed by atoms with Crippen LogP contribution in [0.5, 0.6) is 0 Å². The number of halogens is 2. The molecule has 5 nitrogen and oxygen atoms in total. The third-order valence-corrected chi connectivity index (χ3v) is 4.41. The Morgan fingerprint density at radius 1 is 1.52 bits per heavy atom. The summed E-state index contributed by atoms with van der Waals surface area (Å²) in [6.45, 7) is 0.497. The van der Waals surface area contributed by atoms with Crippen LogP contribution in [0.4, 0.5) is 10.1 Å². The van der Waals surface area contributed by atoms with Crippen molar-refractivity contribution < 1.29 is 19.1 Å². The van der Waals surface area contributed by atoms with Crippen molar-refractivity contribution in [1.82, 2.24) is 4.90 Å². The van der Waals surface area contributed by atoms with E-state index in [0.29, 0.717) is 18.0 Å². The molecule has 21 heavy (non-hydrogen) atoms. The summed E-state index contributed by atoms with van der Waals surface area (Å²) in [6.07, 6.45) is 0. The summed E-state index contributed by atoms with van der Waals surface area (Å²) >= 11 is 7.38. The Hall–Kier alpha value is -1.31. The zero-order valence-corrected chi connectivity index (χ0v) is 12.6. The summed E-state index contributed by atoms with van der Waals surface area (Å²) in [7, 11) is 0. The summed E-state index contributed by atoms with van der Waals surface area (Å²) in [5, 5.41) is 11.8. The highest BCUT2D eigenvalue weighted by Gasteiger charge is 2.30. The molecule has 1 fully saturated rings. The summed E-state index contributed by atoms with van der Waals surface area (Å²) in [4.78, 5) is 24.7. The van der Waals surface area contributed by atoms with Crippen LogP contribution in [-0.2, 0) is 9.59 Å². The topological polar surface area (TPSA) is 69.6 Å². The van der Waals surface area contributed by atoms with Crippen LogP contribution in [0.15, 0.2) is 18.2 Å². The first kappa shape index (κ1) is 16.1. The van der Waals surface area contributed by atoms with E-state index < -0.39 is 17.8 Å². The number of carbonyl (C=O) groups excluding carboxylic acids is 1. The molecule has 1 aromatic carbocycles. The van der Waals surface area contributed by atoms with Gasteiger partial charge >= 0.3 is 5.97 Å². The molecule has 0 saturated carbocycles. The van der Waals surface area contributed by atoms with Gasteiger partial charge in [0.15, 0.2) is 0 Å². The minimum absolute atomic E-state index is 0.0365. The Labute approximate surface area is 130 Å². The van der Waals surface area contributed by atoms with Gasteiger partial charge in [-0.3, -0.25) is 14.5 Å². The van der Waals surface area contributed by atoms with Crippen molar-refractivity contribution >= 4 is 40.9 Å². The number of benzene rings is 1. The summed E-state index contributed by atoms with van der Waals surface area (Å²) in [6, 6.07) is 3.00. The van der Waals surface area contributed by atoms with Crippen LogP contribution in [0, 0.1) is 5.82 Å². The van der Waals surface area contributed by atoms with Crippen LogP contribution in [-0.4, -0.2) is 52.5 Å². The lowest BCUT2D eigenvalue weighted by Gasteiger charge is -2.31. The summed E-state index contributed by atoms with van der Waals surface area (Å²) in [5.41, 5.74) is 0.307. The highest BCUT2D eigenvalue weighted by molar-refractivity contribution is 7.99. The average Bonchev–Trinajstić information content (AvgIpc) is 2.42. The maximum Gasteiger partial charge on any atom is 0.321 e. The summed E-state index contributed by atoms with van der Waals surface area (Å²) in [5.74, 6) is -0.553. The van der Waals surface area contributed by atoms with E-state index in [1.165, 1.54) is 12.1 Å². The van der Waals surface area contributed by atoms with Crippen molar-refractivity contribution in [3.8, 4) is 0 Å². The molecular formula is C13H14ClFN2O3S. The number of nitrogens with one attached hydrogen (secondary N) is 1. The maximum absolute atomic E-state index is 12.9. The van der Waals surface area contributed by atoms with Gasteiger partial charge in [-0.15, -0.1) is 0 Å². The lowest BCUT2D eigenvalue weighted by Crippen LogP contribution is -2.50. The first-order valence-corrected chi connectivity index (χ1v) is 7.80. The largest absolute Gasteiger partial charge is 0.480 e. The highest BCUT2D eigenvalue weighted by Crippen LogP contribution is 2.22. The van der Waals surface area contributed by atoms with Gasteiger partial charge in [-0.1, -0.05) is 11.6 Å². The molecule has 1 aliphatic rings. The van der Waals surface area contributed by atoms with Gasteiger partial charge in [0.25, 0.3) is 0 Å². The van der Waals surface area contributed by atoms with Gasteiger partial charge < -0.3 is 10.4 Å². The van der Waals surface area contributed by atoms with Crippen molar-refractivity contribution in [2.45, 2.75) is 6.04 Å². The minimum atomic E-state index is -0.935. The summed E-state index contributed by atoms with van der Waals surface area (Å²) < 4.78 is 12.9. The molecule has 1 heterocycles. The van der Waals surface area contributed by atoms with E-state index in [2.05, 4.69) is 5.32 Å². The van der Waals surface area contributed by atoms with E-state index in [1.807, 2.05) is 0 Å². The average molecular weight is 333 g/mol. The third kappa shape index (κ3) is 4.33. The van der Waals surface area contributed by atoms with Crippen LogP contribution in [0.25, 0.3) is 0 Å². The van der Waals surface area contributed by atoms with Crippen LogP contribution in [0.3, 0.4) is 0 Å². The van der Waals surface area contributed by atoms with E-state index in [1.54, 1.807) is 16.7 Å². The fraction of sp³-hybridized carbons (Fsp3) is 0.385. The number of anilines is 1. The number of carboxylic acid groups (broad SMARTS) is 1. The van der Waals surface area contributed by atoms with Gasteiger partial charge in [0.2, 0.25) is 5.91 Å². The van der Waals surface area contributed by atoms with E-state index in [4.69, 9.17) is 16.7 Å². The van der Waals surface area contributed by atoms with Crippen LogP contribution in [0.1, 0.15) is 0 Å². The van der Waals surface area contributed by atoms with Gasteiger partial charge in [0.05, 0.1) is 17.3 Å². The second-order valence-corrected chi connectivity index (χ2v) is 6.13. The van der Waals surface area contributed by atoms with Crippen LogP contribution >= 0.6 is 23.4 Å². The Morgan fingerprint density at radius 3 is 2.95 bits per heavy atom. The molecule has 0 aliphatic carbocycles. The van der Waals surface area contributed by atoms with Gasteiger partial charge in [0.1, 0.15) is 11.9 Å². The number of hydrogen-bond donors (Lipinski definition) is 2. The Morgan fingerprint density at radius 2 is 2.29 bits per heavy atom. The monoisotopic (exact) mass is 332 g/mol. The molecule has 2 rings (SSSR count). The molecule has 1 amide bonds. The van der Waals surface area contributed by atoms with E-state index in [-0.39, 0.29) is 17.5 Å². The van der Waals surface area contributed by atoms with E-state index >= 15 is 0 Å². The number of aliphatic carboxylic acids is 1. The second kappa shape index (κ2) is 7.11. The molecule has 1 atom stereocenters. The Bertz CT molecular complexity index is 558. The normalized spacial score (nSPS) is 19.2. The molecule has 2 N–H and O–H groups in total. The number of amides is 1. The number of hydrogen-bond acceptors (Lipinski definition) is 4. The fourth-order valence-corrected chi connectivity index (χ4v) is 3.34. The number of thioether (sulfide) groups is 1. The molecular weight excluding hydrogens is 319 g/mol. The van der Waals surface area contributed by atoms with Crippen molar-refractivity contribution in [2.75, 3.05) is 29.9 Å². The number of carbonyl (C=O) groups is 2. The van der Waals surface area contributed by atoms with Gasteiger partial charge in [0, 0.05) is 18.1 Å². The molecule has 1 aromatic rings. The highest BCUT2D eigenvalue weighted by atomic mass is 35.5. The quantitative estimate of drug-likeness (QED) is 0.881. The SMILES string of the molecule is O=C(CN1CCSCC1C(=O)O)Nc1ccc(F)cc1Cl. The lowest BCUT2D eigenvalue weighted by atomic mass is 10.2. The Kier molecular flexibility index (Phi) is 5.44. The van der Waals surface area contributed by atoms with Gasteiger partial charge in [-0.2, -0.15) is 11.8 Å². The predicted octanol–water partition coefficient (Wildman–Crippen LogP) is 1.92. The number of rotatable bonds is 4. The number of carboxylic acids is 1. The van der Waals surface area contributed by atoms with Crippen LogP contribution < -0.4 is 5.32 Å². The van der Waals surface area contributed by atoms with E-state index in [0.717, 1.165) is 11.8 Å². The molecule has 1 aliphatic heterocycles. The molecule has 0 bridgehead atoms. The van der Waals surface area contributed by atoms with Gasteiger partial charge in [-0.25, -0.2) is 4.39 Å². The zero-order chi connectivity index (χ0) is 15.4. The van der Waals surface area contributed by atoms with Crippen molar-refractivity contribution in [1.29, 1.82) is 0 Å². The maximum atomic E-state index is 12.9. The molecule has 1 saturated heterocycles. The number of nitrogens with zero attached hydrogens (tertiary/aromatic N) is 1. The predicted molar refractivity (Wildman–Crippen MR) is 80.4 cm³/mol. The van der Waals surface area contributed by atoms with Gasteiger partial charge in [-0.05, 0) is 18.2 Å². The smallest absolute Gasteiger partial charge is 0.321 e. The molecule has 114 valence electrons. The van der Waals surface area contributed by atoms with E-state index in [9.17, 15) is 14.0 Å². The first-order chi connectivity index (χ1) is 9.97. The molecule has 8 heteroatoms. The third-order valence-electron chi connectivity index (χ3n) is 3.08. The first-order valence-electron chi connectivity index (χ1n) is 6.27. The molecule has 1 unspecified atom stereocenters. The van der Waals surface area contributed by atoms with Crippen molar-refractivity contribution in [3.63, 3.8) is 0 Å². The molecule has 0 spiro atoms. The molecule has 0 aromatic heterocycles. The fourth-order valence-electron chi connectivity index (χ4n) is 2.02. The van der Waals surface area contributed by atoms with Crippen molar-refractivity contribution in [3.05, 3.63) is 29.0 Å². The zero-order valence-electron chi connectivity index (χ0n) is 11.0. The second-order valence-electron chi connectivity index (χ2n) is 4.57.